The lowest BCUT2D eigenvalue weighted by atomic mass is 9.85. The average Bonchev–Trinajstić information content (AvgIpc) is 2.62. The molecule has 0 aromatic heterocycles. The molecule has 0 radical (unpaired) electrons. The fourth-order valence-corrected chi connectivity index (χ4v) is 2.56. The largest absolute Gasteiger partial charge is 0.483 e. The molecule has 2 aliphatic heterocycles. The summed E-state index contributed by atoms with van der Waals surface area (Å²) in [5, 5.41) is 0. The molecule has 0 N–H and O–H groups in total. The summed E-state index contributed by atoms with van der Waals surface area (Å²) in [6, 6.07) is 4.07. The van der Waals surface area contributed by atoms with E-state index < -0.39 is 11.4 Å². The lowest BCUT2D eigenvalue weighted by molar-refractivity contribution is -0.0160. The van der Waals surface area contributed by atoms with Gasteiger partial charge in [-0.2, -0.15) is 0 Å². The molecular formula is C13H13FO3. The van der Waals surface area contributed by atoms with Crippen molar-refractivity contribution in [3.8, 4) is 5.75 Å². The summed E-state index contributed by atoms with van der Waals surface area (Å²) in [6.07, 6.45) is 0.867. The number of carbonyl (C=O) groups is 1. The molecule has 0 amide bonds. The second-order valence-corrected chi connectivity index (χ2v) is 4.67. The summed E-state index contributed by atoms with van der Waals surface area (Å²) in [7, 11) is 0. The lowest BCUT2D eigenvalue weighted by Crippen LogP contribution is -2.47. The molecule has 1 saturated heterocycles. The van der Waals surface area contributed by atoms with Gasteiger partial charge in [0.2, 0.25) is 0 Å². The van der Waals surface area contributed by atoms with Gasteiger partial charge in [0, 0.05) is 6.42 Å². The molecule has 0 bridgehead atoms. The van der Waals surface area contributed by atoms with Crippen LogP contribution in [0.4, 0.5) is 4.39 Å². The molecule has 4 heteroatoms. The zero-order chi connectivity index (χ0) is 12.0. The van der Waals surface area contributed by atoms with Gasteiger partial charge in [-0.1, -0.05) is 0 Å². The van der Waals surface area contributed by atoms with E-state index in [-0.39, 0.29) is 18.3 Å². The van der Waals surface area contributed by atoms with E-state index in [0.717, 1.165) is 0 Å². The molecule has 2 unspecified atom stereocenters. The second-order valence-electron chi connectivity index (χ2n) is 4.67. The summed E-state index contributed by atoms with van der Waals surface area (Å²) in [5.41, 5.74) is -0.211. The zero-order valence-electron chi connectivity index (χ0n) is 9.53. The van der Waals surface area contributed by atoms with E-state index in [9.17, 15) is 9.18 Å². The molecule has 3 rings (SSSR count). The number of Topliss-reactive ketones (excluding diaryl/α,β-unsaturated/α-hetero) is 1. The topological polar surface area (TPSA) is 35.5 Å². The van der Waals surface area contributed by atoms with Crippen molar-refractivity contribution in [1.29, 1.82) is 0 Å². The molecule has 2 heterocycles. The zero-order valence-corrected chi connectivity index (χ0v) is 9.53. The first-order chi connectivity index (χ1) is 8.11. The van der Waals surface area contributed by atoms with Crippen LogP contribution in [-0.4, -0.2) is 24.1 Å². The minimum atomic E-state index is -0.554. The van der Waals surface area contributed by atoms with Crippen LogP contribution in [0.2, 0.25) is 0 Å². The number of ketones is 1. The molecule has 17 heavy (non-hydrogen) atoms. The second kappa shape index (κ2) is 3.53. The highest BCUT2D eigenvalue weighted by molar-refractivity contribution is 6.00. The molecule has 0 aliphatic carbocycles. The Morgan fingerprint density at radius 1 is 1.47 bits per heavy atom. The van der Waals surface area contributed by atoms with Gasteiger partial charge in [-0.15, -0.1) is 0 Å². The number of rotatable bonds is 0. The van der Waals surface area contributed by atoms with Crippen molar-refractivity contribution in [2.75, 3.05) is 6.61 Å². The smallest absolute Gasteiger partial charge is 0.170 e. The minimum Gasteiger partial charge on any atom is -0.483 e. The normalized spacial score (nSPS) is 31.4. The average molecular weight is 236 g/mol. The van der Waals surface area contributed by atoms with Crippen LogP contribution in [0.1, 0.15) is 30.1 Å². The van der Waals surface area contributed by atoms with Crippen LogP contribution in [0.5, 0.6) is 5.75 Å². The maximum absolute atomic E-state index is 13.1. The predicted octanol–water partition coefficient (Wildman–Crippen LogP) is 2.34. The van der Waals surface area contributed by atoms with Crippen LogP contribution >= 0.6 is 0 Å². The number of carbonyl (C=O) groups excluding carboxylic acids is 1. The van der Waals surface area contributed by atoms with Gasteiger partial charge in [0.25, 0.3) is 0 Å². The van der Waals surface area contributed by atoms with Crippen molar-refractivity contribution < 1.29 is 18.7 Å². The van der Waals surface area contributed by atoms with Gasteiger partial charge in [0.1, 0.15) is 17.2 Å². The van der Waals surface area contributed by atoms with E-state index in [1.54, 1.807) is 0 Å². The molecule has 0 saturated carbocycles. The Labute approximate surface area is 98.5 Å². The summed E-state index contributed by atoms with van der Waals surface area (Å²) < 4.78 is 24.5. The van der Waals surface area contributed by atoms with Crippen LogP contribution in [0.25, 0.3) is 0 Å². The van der Waals surface area contributed by atoms with Gasteiger partial charge in [0.05, 0.1) is 24.7 Å². The van der Waals surface area contributed by atoms with E-state index >= 15 is 0 Å². The Kier molecular flexibility index (Phi) is 2.23. The summed E-state index contributed by atoms with van der Waals surface area (Å²) in [5.74, 6) is -0.00419. The molecule has 1 aromatic carbocycles. The van der Waals surface area contributed by atoms with Gasteiger partial charge in [-0.05, 0) is 25.1 Å². The van der Waals surface area contributed by atoms with Crippen LogP contribution < -0.4 is 4.74 Å². The third kappa shape index (κ3) is 1.55. The van der Waals surface area contributed by atoms with Crippen LogP contribution in [-0.2, 0) is 4.74 Å². The van der Waals surface area contributed by atoms with Crippen molar-refractivity contribution >= 4 is 5.78 Å². The summed E-state index contributed by atoms with van der Waals surface area (Å²) in [6.45, 7) is 2.51. The van der Waals surface area contributed by atoms with Crippen LogP contribution in [0.3, 0.4) is 0 Å². The van der Waals surface area contributed by atoms with E-state index in [2.05, 4.69) is 0 Å². The van der Waals surface area contributed by atoms with Gasteiger partial charge < -0.3 is 9.47 Å². The number of benzene rings is 1. The van der Waals surface area contributed by atoms with E-state index in [1.165, 1.54) is 18.2 Å². The fourth-order valence-electron chi connectivity index (χ4n) is 2.56. The van der Waals surface area contributed by atoms with Crippen molar-refractivity contribution in [2.45, 2.75) is 31.5 Å². The minimum absolute atomic E-state index is 0.0666. The monoisotopic (exact) mass is 236 g/mol. The van der Waals surface area contributed by atoms with Crippen molar-refractivity contribution in [1.82, 2.24) is 0 Å². The number of fused-ring (bicyclic) bond motifs is 1. The van der Waals surface area contributed by atoms with Crippen molar-refractivity contribution in [3.63, 3.8) is 0 Å². The molecule has 1 spiro atoms. The molecule has 2 aliphatic rings. The van der Waals surface area contributed by atoms with Gasteiger partial charge in [-0.3, -0.25) is 4.79 Å². The summed E-state index contributed by atoms with van der Waals surface area (Å²) in [4.78, 5) is 12.0. The number of halogens is 1. The number of ether oxygens (including phenoxy) is 2. The maximum Gasteiger partial charge on any atom is 0.170 e. The standard InChI is InChI=1S/C13H13FO3/c1-8-13(4-5-16-8)7-11(15)10-6-9(14)2-3-12(10)17-13/h2-3,6,8H,4-5,7H2,1H3. The first-order valence-electron chi connectivity index (χ1n) is 5.74. The SMILES string of the molecule is CC1OCCC12CC(=O)c1cc(F)ccc1O2. The Hall–Kier alpha value is -1.42. The quantitative estimate of drug-likeness (QED) is 0.693. The highest BCUT2D eigenvalue weighted by atomic mass is 19.1. The Balaban J connectivity index is 2.04. The molecule has 3 nitrogen and oxygen atoms in total. The molecule has 1 aromatic rings. The third-order valence-corrected chi connectivity index (χ3v) is 3.65. The Bertz CT molecular complexity index is 486. The van der Waals surface area contributed by atoms with E-state index in [0.29, 0.717) is 24.3 Å². The fraction of sp³-hybridized carbons (Fsp3) is 0.462. The first-order valence-corrected chi connectivity index (χ1v) is 5.74. The van der Waals surface area contributed by atoms with E-state index in [1.807, 2.05) is 6.92 Å². The molecule has 90 valence electrons. The Morgan fingerprint density at radius 3 is 3.00 bits per heavy atom. The van der Waals surface area contributed by atoms with E-state index in [4.69, 9.17) is 9.47 Å². The lowest BCUT2D eigenvalue weighted by Gasteiger charge is -2.36. The number of hydrogen-bond acceptors (Lipinski definition) is 3. The number of hydrogen-bond donors (Lipinski definition) is 0. The molecule has 1 fully saturated rings. The summed E-state index contributed by atoms with van der Waals surface area (Å²) >= 11 is 0. The maximum atomic E-state index is 13.1. The van der Waals surface area contributed by atoms with Gasteiger partial charge in [-0.25, -0.2) is 4.39 Å². The Morgan fingerprint density at radius 2 is 2.29 bits per heavy atom. The van der Waals surface area contributed by atoms with Crippen molar-refractivity contribution in [2.24, 2.45) is 0 Å². The van der Waals surface area contributed by atoms with Crippen LogP contribution in [0, 0.1) is 5.82 Å². The van der Waals surface area contributed by atoms with Crippen LogP contribution in [0.15, 0.2) is 18.2 Å². The van der Waals surface area contributed by atoms with Crippen molar-refractivity contribution in [3.05, 3.63) is 29.6 Å². The third-order valence-electron chi connectivity index (χ3n) is 3.65. The highest BCUT2D eigenvalue weighted by Crippen LogP contribution is 2.41. The first kappa shape index (κ1) is 10.7. The van der Waals surface area contributed by atoms with Gasteiger partial charge >= 0.3 is 0 Å². The predicted molar refractivity (Wildman–Crippen MR) is 58.7 cm³/mol. The van der Waals surface area contributed by atoms with Gasteiger partial charge in [0.15, 0.2) is 5.78 Å². The molecular weight excluding hydrogens is 223 g/mol. The highest BCUT2D eigenvalue weighted by Gasteiger charge is 2.48. The molecule has 2 atom stereocenters.